The molecule has 106 valence electrons. The fraction of sp³-hybridized carbons (Fsp3) is 0.0714. The number of nitrogens with zero attached hydrogens (tertiary/aromatic N) is 1. The molecule has 0 aliphatic heterocycles. The molecule has 2 aromatic heterocycles. The number of carbonyl (C=O) groups excluding carboxylic acids is 2. The number of phenolic OH excluding ortho intramolecular Hbond substituents is 1. The molecule has 0 aliphatic carbocycles. The number of esters is 1. The van der Waals surface area contributed by atoms with Gasteiger partial charge >= 0.3 is 5.97 Å². The molecule has 2 N–H and O–H groups in total. The van der Waals surface area contributed by atoms with E-state index in [-0.39, 0.29) is 22.2 Å². The molecule has 21 heavy (non-hydrogen) atoms. The molecular weight excluding hydrogens is 292 g/mol. The Morgan fingerprint density at radius 2 is 2.19 bits per heavy atom. The van der Waals surface area contributed by atoms with Crippen LogP contribution in [-0.4, -0.2) is 33.9 Å². The van der Waals surface area contributed by atoms with Crippen LogP contribution in [0.5, 0.6) is 5.75 Å². The van der Waals surface area contributed by atoms with Crippen molar-refractivity contribution in [2.75, 3.05) is 7.11 Å². The maximum atomic E-state index is 12.4. The number of aromatic amines is 1. The third-order valence-electron chi connectivity index (χ3n) is 3.00. The number of ether oxygens (including phenoxy) is 1. The standard InChI is InChI=1S/C14H10N2O4S/c1-20-14(19)11-6-21-13(16-11)12(18)9-5-15-10-4-7(17)2-3-8(9)10/h2-6,15,17H,1H3. The molecule has 3 aromatic rings. The van der Waals surface area contributed by atoms with Gasteiger partial charge in [0.2, 0.25) is 5.78 Å². The zero-order valence-corrected chi connectivity index (χ0v) is 11.7. The molecule has 2 heterocycles. The summed E-state index contributed by atoms with van der Waals surface area (Å²) in [5.74, 6) is -0.744. The predicted molar refractivity (Wildman–Crippen MR) is 76.8 cm³/mol. The minimum atomic E-state index is -0.575. The fourth-order valence-corrected chi connectivity index (χ4v) is 2.73. The van der Waals surface area contributed by atoms with Crippen LogP contribution in [0.4, 0.5) is 0 Å². The Hall–Kier alpha value is -2.67. The predicted octanol–water partition coefficient (Wildman–Crippen LogP) is 2.35. The Kier molecular flexibility index (Phi) is 3.19. The van der Waals surface area contributed by atoms with Crippen LogP contribution in [0.3, 0.4) is 0 Å². The number of ketones is 1. The van der Waals surface area contributed by atoms with Crippen molar-refractivity contribution in [3.05, 3.63) is 46.0 Å². The number of nitrogens with one attached hydrogen (secondary N) is 1. The molecular formula is C14H10N2O4S. The first-order chi connectivity index (χ1) is 10.1. The van der Waals surface area contributed by atoms with Gasteiger partial charge in [-0.05, 0) is 12.1 Å². The van der Waals surface area contributed by atoms with Gasteiger partial charge in [-0.25, -0.2) is 9.78 Å². The van der Waals surface area contributed by atoms with E-state index in [1.54, 1.807) is 12.3 Å². The Morgan fingerprint density at radius 1 is 1.38 bits per heavy atom. The fourth-order valence-electron chi connectivity index (χ4n) is 1.99. The van der Waals surface area contributed by atoms with Crippen LogP contribution in [0.15, 0.2) is 29.8 Å². The number of hydrogen-bond acceptors (Lipinski definition) is 6. The third kappa shape index (κ3) is 2.27. The summed E-state index contributed by atoms with van der Waals surface area (Å²) in [5, 5.41) is 11.8. The topological polar surface area (TPSA) is 92.3 Å². The van der Waals surface area contributed by atoms with Gasteiger partial charge in [0.25, 0.3) is 0 Å². The highest BCUT2D eigenvalue weighted by atomic mass is 32.1. The van der Waals surface area contributed by atoms with E-state index in [4.69, 9.17) is 0 Å². The number of rotatable bonds is 3. The molecule has 0 saturated heterocycles. The van der Waals surface area contributed by atoms with E-state index >= 15 is 0 Å². The van der Waals surface area contributed by atoms with Crippen molar-refractivity contribution in [2.45, 2.75) is 0 Å². The molecule has 0 aliphatic rings. The summed E-state index contributed by atoms with van der Waals surface area (Å²) in [6.45, 7) is 0. The molecule has 0 atom stereocenters. The van der Waals surface area contributed by atoms with Gasteiger partial charge in [0.1, 0.15) is 5.75 Å². The van der Waals surface area contributed by atoms with Crippen molar-refractivity contribution < 1.29 is 19.4 Å². The molecule has 7 heteroatoms. The molecule has 6 nitrogen and oxygen atoms in total. The highest BCUT2D eigenvalue weighted by Gasteiger charge is 2.20. The van der Waals surface area contributed by atoms with Crippen LogP contribution in [0.1, 0.15) is 25.9 Å². The Morgan fingerprint density at radius 3 is 2.95 bits per heavy atom. The summed E-state index contributed by atoms with van der Waals surface area (Å²) in [6, 6.07) is 4.70. The number of methoxy groups -OCH3 is 1. The minimum Gasteiger partial charge on any atom is -0.508 e. The van der Waals surface area contributed by atoms with Crippen molar-refractivity contribution in [3.63, 3.8) is 0 Å². The number of benzene rings is 1. The average Bonchev–Trinajstić information content (AvgIpc) is 3.12. The quantitative estimate of drug-likeness (QED) is 0.572. The van der Waals surface area contributed by atoms with Crippen LogP contribution in [0, 0.1) is 0 Å². The molecule has 0 unspecified atom stereocenters. The number of hydrogen-bond donors (Lipinski definition) is 2. The van der Waals surface area contributed by atoms with Crippen molar-refractivity contribution in [3.8, 4) is 5.75 Å². The van der Waals surface area contributed by atoms with Gasteiger partial charge in [-0.3, -0.25) is 4.79 Å². The second-order valence-electron chi connectivity index (χ2n) is 4.29. The van der Waals surface area contributed by atoms with E-state index in [0.717, 1.165) is 11.3 Å². The van der Waals surface area contributed by atoms with Crippen molar-refractivity contribution >= 4 is 34.0 Å². The Bertz CT molecular complexity index is 850. The van der Waals surface area contributed by atoms with Crippen molar-refractivity contribution in [2.24, 2.45) is 0 Å². The normalized spacial score (nSPS) is 10.7. The zero-order valence-electron chi connectivity index (χ0n) is 10.9. The second kappa shape index (κ2) is 5.02. The monoisotopic (exact) mass is 302 g/mol. The Labute approximate surface area is 123 Å². The number of fused-ring (bicyclic) bond motifs is 1. The van der Waals surface area contributed by atoms with Crippen LogP contribution in [0.25, 0.3) is 10.9 Å². The number of phenols is 1. The lowest BCUT2D eigenvalue weighted by Crippen LogP contribution is -2.04. The van der Waals surface area contributed by atoms with Crippen LogP contribution >= 0.6 is 11.3 Å². The zero-order chi connectivity index (χ0) is 15.0. The lowest BCUT2D eigenvalue weighted by atomic mass is 10.1. The molecule has 0 radical (unpaired) electrons. The first-order valence-electron chi connectivity index (χ1n) is 5.99. The summed E-state index contributed by atoms with van der Waals surface area (Å²) in [5.41, 5.74) is 1.21. The highest BCUT2D eigenvalue weighted by molar-refractivity contribution is 7.12. The Balaban J connectivity index is 2.00. The molecule has 0 bridgehead atoms. The third-order valence-corrected chi connectivity index (χ3v) is 3.84. The maximum Gasteiger partial charge on any atom is 0.357 e. The van der Waals surface area contributed by atoms with Crippen molar-refractivity contribution in [1.82, 2.24) is 9.97 Å². The average molecular weight is 302 g/mol. The van der Waals surface area contributed by atoms with Crippen LogP contribution in [0.2, 0.25) is 0 Å². The first-order valence-corrected chi connectivity index (χ1v) is 6.86. The number of aromatic nitrogens is 2. The van der Waals surface area contributed by atoms with Gasteiger partial charge < -0.3 is 14.8 Å². The number of aromatic hydroxyl groups is 1. The van der Waals surface area contributed by atoms with Crippen molar-refractivity contribution in [1.29, 1.82) is 0 Å². The van der Waals surface area contributed by atoms with Gasteiger partial charge in [-0.15, -0.1) is 11.3 Å². The van der Waals surface area contributed by atoms with Gasteiger partial charge in [0.15, 0.2) is 10.7 Å². The number of H-pyrrole nitrogens is 1. The van der Waals surface area contributed by atoms with Crippen LogP contribution < -0.4 is 0 Å². The highest BCUT2D eigenvalue weighted by Crippen LogP contribution is 2.25. The van der Waals surface area contributed by atoms with E-state index in [9.17, 15) is 14.7 Å². The van der Waals surface area contributed by atoms with E-state index in [2.05, 4.69) is 14.7 Å². The summed E-state index contributed by atoms with van der Waals surface area (Å²) >= 11 is 1.09. The largest absolute Gasteiger partial charge is 0.508 e. The van der Waals surface area contributed by atoms with E-state index in [1.807, 2.05) is 0 Å². The lowest BCUT2D eigenvalue weighted by Gasteiger charge is -1.96. The summed E-state index contributed by atoms with van der Waals surface area (Å²) in [4.78, 5) is 30.7. The summed E-state index contributed by atoms with van der Waals surface area (Å²) in [6.07, 6.45) is 1.56. The maximum absolute atomic E-state index is 12.4. The number of thiazole rings is 1. The van der Waals surface area contributed by atoms with Crippen LogP contribution in [-0.2, 0) is 4.74 Å². The smallest absolute Gasteiger partial charge is 0.357 e. The lowest BCUT2D eigenvalue weighted by molar-refractivity contribution is 0.0595. The van der Waals surface area contributed by atoms with Gasteiger partial charge in [-0.2, -0.15) is 0 Å². The summed E-state index contributed by atoms with van der Waals surface area (Å²) < 4.78 is 4.56. The first kappa shape index (κ1) is 13.3. The summed E-state index contributed by atoms with van der Waals surface area (Å²) in [7, 11) is 1.26. The SMILES string of the molecule is COC(=O)c1csc(C(=O)c2c[nH]c3cc(O)ccc23)n1. The minimum absolute atomic E-state index is 0.114. The van der Waals surface area contributed by atoms with E-state index in [1.165, 1.54) is 24.6 Å². The van der Waals surface area contributed by atoms with Gasteiger partial charge in [-0.1, -0.05) is 0 Å². The van der Waals surface area contributed by atoms with Gasteiger partial charge in [0.05, 0.1) is 12.7 Å². The molecule has 0 amide bonds. The van der Waals surface area contributed by atoms with E-state index in [0.29, 0.717) is 16.5 Å². The molecule has 0 saturated carbocycles. The molecule has 0 fully saturated rings. The van der Waals surface area contributed by atoms with E-state index < -0.39 is 5.97 Å². The number of carbonyl (C=O) groups is 2. The second-order valence-corrected chi connectivity index (χ2v) is 5.15. The molecule has 1 aromatic carbocycles. The molecule has 0 spiro atoms. The molecule has 3 rings (SSSR count). The van der Waals surface area contributed by atoms with Gasteiger partial charge in [0, 0.05) is 28.5 Å².